The van der Waals surface area contributed by atoms with E-state index in [0.717, 1.165) is 23.4 Å². The summed E-state index contributed by atoms with van der Waals surface area (Å²) >= 11 is 6.14. The minimum atomic E-state index is -0.0825. The fourth-order valence-electron chi connectivity index (χ4n) is 1.71. The van der Waals surface area contributed by atoms with Crippen LogP contribution in [0.3, 0.4) is 0 Å². The highest BCUT2D eigenvalue weighted by Gasteiger charge is 2.10. The van der Waals surface area contributed by atoms with Crippen LogP contribution < -0.4 is 0 Å². The Morgan fingerprint density at radius 1 is 1.44 bits per heavy atom. The first-order valence-electron chi connectivity index (χ1n) is 5.89. The molecule has 0 spiro atoms. The van der Waals surface area contributed by atoms with Gasteiger partial charge in [-0.2, -0.15) is 0 Å². The number of alkyl halides is 1. The van der Waals surface area contributed by atoms with Crippen molar-refractivity contribution in [2.45, 2.75) is 25.3 Å². The van der Waals surface area contributed by atoms with Crippen molar-refractivity contribution in [1.29, 1.82) is 0 Å². The molecular weight excluding hydrogens is 250 g/mol. The van der Waals surface area contributed by atoms with E-state index in [9.17, 15) is 0 Å². The zero-order valence-electron chi connectivity index (χ0n) is 10.5. The van der Waals surface area contributed by atoms with E-state index in [4.69, 9.17) is 16.3 Å². The van der Waals surface area contributed by atoms with Crippen molar-refractivity contribution < 1.29 is 4.74 Å². The second kappa shape index (κ2) is 5.98. The summed E-state index contributed by atoms with van der Waals surface area (Å²) in [6.45, 7) is 2.61. The average Bonchev–Trinajstić information content (AvgIpc) is 2.88. The molecule has 0 amide bonds. The molecule has 1 aromatic carbocycles. The van der Waals surface area contributed by atoms with Crippen molar-refractivity contribution in [2.75, 3.05) is 7.11 Å². The minimum Gasteiger partial charge on any atom is -0.380 e. The molecule has 2 rings (SSSR count). The highest BCUT2D eigenvalue weighted by atomic mass is 35.5. The van der Waals surface area contributed by atoms with Crippen LogP contribution in [-0.2, 0) is 11.3 Å². The number of hydrogen-bond donors (Lipinski definition) is 0. The molecule has 5 heteroatoms. The second-order valence-electron chi connectivity index (χ2n) is 4.07. The highest BCUT2D eigenvalue weighted by Crippen LogP contribution is 2.22. The van der Waals surface area contributed by atoms with Crippen molar-refractivity contribution >= 4 is 11.6 Å². The first-order chi connectivity index (χ1) is 8.74. The smallest absolute Gasteiger partial charge is 0.101 e. The van der Waals surface area contributed by atoms with Crippen LogP contribution in [0, 0.1) is 0 Å². The molecule has 0 aliphatic rings. The predicted molar refractivity (Wildman–Crippen MR) is 71.0 cm³/mol. The van der Waals surface area contributed by atoms with Gasteiger partial charge in [0.1, 0.15) is 5.69 Å². The highest BCUT2D eigenvalue weighted by molar-refractivity contribution is 6.20. The maximum Gasteiger partial charge on any atom is 0.101 e. The molecule has 0 radical (unpaired) electrons. The molecule has 4 nitrogen and oxygen atoms in total. The lowest BCUT2D eigenvalue weighted by Crippen LogP contribution is -1.96. The van der Waals surface area contributed by atoms with Gasteiger partial charge in [-0.15, -0.1) is 16.7 Å². The third-order valence-corrected chi connectivity index (χ3v) is 3.21. The summed E-state index contributed by atoms with van der Waals surface area (Å²) in [5, 5.41) is 8.10. The second-order valence-corrected chi connectivity index (χ2v) is 4.59. The lowest BCUT2D eigenvalue weighted by Gasteiger charge is -2.04. The van der Waals surface area contributed by atoms with Gasteiger partial charge < -0.3 is 4.74 Å². The van der Waals surface area contributed by atoms with Crippen LogP contribution in [0.2, 0.25) is 0 Å². The Bertz CT molecular complexity index is 512. The Morgan fingerprint density at radius 3 is 3.00 bits per heavy atom. The Labute approximate surface area is 112 Å². The molecule has 0 aliphatic carbocycles. The molecule has 1 heterocycles. The van der Waals surface area contributed by atoms with Crippen LogP contribution in [0.25, 0.3) is 5.69 Å². The topological polar surface area (TPSA) is 39.9 Å². The van der Waals surface area contributed by atoms with Gasteiger partial charge in [0, 0.05) is 7.11 Å². The molecular formula is C13H16ClN3O. The number of benzene rings is 1. The molecule has 96 valence electrons. The number of methoxy groups -OCH3 is 1. The van der Waals surface area contributed by atoms with Crippen molar-refractivity contribution in [3.05, 3.63) is 41.7 Å². The average molecular weight is 266 g/mol. The van der Waals surface area contributed by atoms with Gasteiger partial charge in [0.15, 0.2) is 0 Å². The molecule has 0 fully saturated rings. The maximum atomic E-state index is 6.14. The normalized spacial score (nSPS) is 12.6. The summed E-state index contributed by atoms with van der Waals surface area (Å²) in [6, 6.07) is 7.99. The van der Waals surface area contributed by atoms with Gasteiger partial charge in [0.05, 0.1) is 23.9 Å². The Morgan fingerprint density at radius 2 is 2.28 bits per heavy atom. The molecule has 0 aliphatic heterocycles. The van der Waals surface area contributed by atoms with E-state index < -0.39 is 0 Å². The van der Waals surface area contributed by atoms with Gasteiger partial charge in [-0.3, -0.25) is 0 Å². The summed E-state index contributed by atoms with van der Waals surface area (Å²) in [4.78, 5) is 0. The molecule has 0 saturated carbocycles. The van der Waals surface area contributed by atoms with Gasteiger partial charge in [-0.1, -0.05) is 24.3 Å². The first-order valence-corrected chi connectivity index (χ1v) is 6.32. The molecule has 2 aromatic rings. The quantitative estimate of drug-likeness (QED) is 0.780. The molecule has 1 atom stereocenters. The van der Waals surface area contributed by atoms with Crippen molar-refractivity contribution in [3.63, 3.8) is 0 Å². The third kappa shape index (κ3) is 2.89. The molecule has 0 bridgehead atoms. The zero-order chi connectivity index (χ0) is 13.0. The van der Waals surface area contributed by atoms with Crippen molar-refractivity contribution in [1.82, 2.24) is 15.0 Å². The van der Waals surface area contributed by atoms with E-state index in [0.29, 0.717) is 6.61 Å². The summed E-state index contributed by atoms with van der Waals surface area (Å²) in [5.41, 5.74) is 2.87. The van der Waals surface area contributed by atoms with Gasteiger partial charge >= 0.3 is 0 Å². The number of rotatable bonds is 5. The summed E-state index contributed by atoms with van der Waals surface area (Å²) in [7, 11) is 1.68. The van der Waals surface area contributed by atoms with Crippen LogP contribution in [0.1, 0.15) is 30.0 Å². The van der Waals surface area contributed by atoms with Crippen LogP contribution in [0.4, 0.5) is 0 Å². The standard InChI is InChI=1S/C13H16ClN3O/c1-3-12(14)13-8-17(16-15-13)11-6-4-5-10(7-11)9-18-2/h4-8,12H,3,9H2,1-2H3. The molecule has 1 aromatic heterocycles. The fraction of sp³-hybridized carbons (Fsp3) is 0.385. The number of ether oxygens (including phenoxy) is 1. The van der Waals surface area contributed by atoms with E-state index in [2.05, 4.69) is 10.3 Å². The van der Waals surface area contributed by atoms with E-state index in [1.165, 1.54) is 0 Å². The van der Waals surface area contributed by atoms with Gasteiger partial charge in [-0.25, -0.2) is 4.68 Å². The number of nitrogens with zero attached hydrogens (tertiary/aromatic N) is 3. The van der Waals surface area contributed by atoms with E-state index >= 15 is 0 Å². The Balaban J connectivity index is 2.25. The van der Waals surface area contributed by atoms with E-state index in [-0.39, 0.29) is 5.38 Å². The molecule has 1 unspecified atom stereocenters. The summed E-state index contributed by atoms with van der Waals surface area (Å²) < 4.78 is 6.85. The molecule has 0 N–H and O–H groups in total. The Kier molecular flexibility index (Phi) is 4.33. The zero-order valence-corrected chi connectivity index (χ0v) is 11.3. The van der Waals surface area contributed by atoms with E-state index in [1.54, 1.807) is 11.8 Å². The third-order valence-electron chi connectivity index (χ3n) is 2.68. The maximum absolute atomic E-state index is 6.14. The molecule has 18 heavy (non-hydrogen) atoms. The largest absolute Gasteiger partial charge is 0.380 e. The number of hydrogen-bond acceptors (Lipinski definition) is 3. The minimum absolute atomic E-state index is 0.0825. The monoisotopic (exact) mass is 265 g/mol. The van der Waals surface area contributed by atoms with Gasteiger partial charge in [-0.05, 0) is 24.1 Å². The van der Waals surface area contributed by atoms with Crippen LogP contribution in [0.5, 0.6) is 0 Å². The van der Waals surface area contributed by atoms with E-state index in [1.807, 2.05) is 37.4 Å². The number of halogens is 1. The molecule has 0 saturated heterocycles. The summed E-state index contributed by atoms with van der Waals surface area (Å²) in [6.07, 6.45) is 2.71. The lowest BCUT2D eigenvalue weighted by atomic mass is 10.2. The first kappa shape index (κ1) is 13.1. The number of aromatic nitrogens is 3. The van der Waals surface area contributed by atoms with Crippen molar-refractivity contribution in [2.24, 2.45) is 0 Å². The van der Waals surface area contributed by atoms with Crippen LogP contribution in [0.15, 0.2) is 30.5 Å². The predicted octanol–water partition coefficient (Wildman–Crippen LogP) is 3.10. The van der Waals surface area contributed by atoms with Crippen LogP contribution in [-0.4, -0.2) is 22.1 Å². The van der Waals surface area contributed by atoms with Gasteiger partial charge in [0.25, 0.3) is 0 Å². The SMILES string of the molecule is CCC(Cl)c1cn(-c2cccc(COC)c2)nn1. The van der Waals surface area contributed by atoms with Gasteiger partial charge in [0.2, 0.25) is 0 Å². The van der Waals surface area contributed by atoms with Crippen molar-refractivity contribution in [3.8, 4) is 5.69 Å². The fourth-order valence-corrected chi connectivity index (χ4v) is 1.81. The summed E-state index contributed by atoms with van der Waals surface area (Å²) in [5.74, 6) is 0. The Hall–Kier alpha value is -1.39. The lowest BCUT2D eigenvalue weighted by molar-refractivity contribution is 0.185. The van der Waals surface area contributed by atoms with Crippen LogP contribution >= 0.6 is 11.6 Å².